The molecule has 0 saturated carbocycles. The number of nitrogens with one attached hydrogen (secondary N) is 2. The third-order valence-electron chi connectivity index (χ3n) is 2.97. The van der Waals surface area contributed by atoms with E-state index >= 15 is 0 Å². The minimum atomic E-state index is -3.32. The number of hydrogen-bond donors (Lipinski definition) is 3. The van der Waals surface area contributed by atoms with Crippen molar-refractivity contribution < 1.29 is 18.3 Å². The number of aliphatic hydroxyl groups is 1. The molecule has 0 aliphatic carbocycles. The summed E-state index contributed by atoms with van der Waals surface area (Å²) in [5, 5.41) is 11.7. The Bertz CT molecular complexity index is 579. The second-order valence-corrected chi connectivity index (χ2v) is 7.52. The molecule has 0 aliphatic heterocycles. The van der Waals surface area contributed by atoms with E-state index in [1.807, 2.05) is 13.8 Å². The van der Waals surface area contributed by atoms with E-state index in [4.69, 9.17) is 5.11 Å². The van der Waals surface area contributed by atoms with Gasteiger partial charge in [-0.1, -0.05) is 13.8 Å². The Morgan fingerprint density at radius 3 is 2.29 bits per heavy atom. The molecule has 0 unspecified atom stereocenters. The largest absolute Gasteiger partial charge is 0.396 e. The van der Waals surface area contributed by atoms with Gasteiger partial charge < -0.3 is 10.4 Å². The van der Waals surface area contributed by atoms with Crippen molar-refractivity contribution in [1.29, 1.82) is 0 Å². The predicted molar refractivity (Wildman–Crippen MR) is 82.7 cm³/mol. The number of amides is 1. The monoisotopic (exact) mass is 314 g/mol. The Balaban J connectivity index is 2.63. The number of aliphatic hydroxyl groups excluding tert-OH is 1. The van der Waals surface area contributed by atoms with E-state index in [-0.39, 0.29) is 17.9 Å². The van der Waals surface area contributed by atoms with E-state index in [9.17, 15) is 13.2 Å². The van der Waals surface area contributed by atoms with Crippen molar-refractivity contribution in [2.24, 2.45) is 5.41 Å². The van der Waals surface area contributed by atoms with Crippen LogP contribution in [0.4, 0.5) is 5.69 Å². The van der Waals surface area contributed by atoms with Gasteiger partial charge in [-0.15, -0.1) is 0 Å². The van der Waals surface area contributed by atoms with E-state index in [0.717, 1.165) is 6.26 Å². The first-order valence-corrected chi connectivity index (χ1v) is 8.49. The van der Waals surface area contributed by atoms with Crippen molar-refractivity contribution >= 4 is 21.6 Å². The molecule has 21 heavy (non-hydrogen) atoms. The number of carbonyl (C=O) groups is 1. The van der Waals surface area contributed by atoms with Crippen LogP contribution in [0.1, 0.15) is 30.6 Å². The molecule has 1 aromatic rings. The van der Waals surface area contributed by atoms with E-state index in [1.165, 1.54) is 12.1 Å². The summed E-state index contributed by atoms with van der Waals surface area (Å²) in [6.07, 6.45) is 1.67. The Hall–Kier alpha value is -1.60. The smallest absolute Gasteiger partial charge is 0.251 e. The van der Waals surface area contributed by atoms with Gasteiger partial charge in [0, 0.05) is 24.4 Å². The SMILES string of the molecule is CC(C)(CCO)CNC(=O)c1ccc(NS(C)(=O)=O)cc1. The van der Waals surface area contributed by atoms with Crippen LogP contribution in [-0.4, -0.2) is 38.8 Å². The number of carbonyl (C=O) groups excluding carboxylic acids is 1. The fraction of sp³-hybridized carbons (Fsp3) is 0.500. The molecule has 0 atom stereocenters. The molecule has 1 rings (SSSR count). The van der Waals surface area contributed by atoms with E-state index < -0.39 is 10.0 Å². The molecule has 6 nitrogen and oxygen atoms in total. The number of anilines is 1. The standard InChI is InChI=1S/C14H22N2O4S/c1-14(2,8-9-17)10-15-13(18)11-4-6-12(7-5-11)16-21(3,19)20/h4-7,16-17H,8-10H2,1-3H3,(H,15,18). The summed E-state index contributed by atoms with van der Waals surface area (Å²) in [5.74, 6) is -0.230. The molecular weight excluding hydrogens is 292 g/mol. The zero-order valence-corrected chi connectivity index (χ0v) is 13.3. The average molecular weight is 314 g/mol. The van der Waals surface area contributed by atoms with Crippen molar-refractivity contribution in [3.63, 3.8) is 0 Å². The molecule has 7 heteroatoms. The normalized spacial score (nSPS) is 12.0. The van der Waals surface area contributed by atoms with Crippen molar-refractivity contribution in [2.75, 3.05) is 24.1 Å². The highest BCUT2D eigenvalue weighted by atomic mass is 32.2. The van der Waals surface area contributed by atoms with Crippen molar-refractivity contribution in [3.05, 3.63) is 29.8 Å². The summed E-state index contributed by atoms with van der Waals surface area (Å²) in [6.45, 7) is 4.45. The van der Waals surface area contributed by atoms with Crippen LogP contribution in [0.2, 0.25) is 0 Å². The van der Waals surface area contributed by atoms with E-state index in [0.29, 0.717) is 24.2 Å². The second kappa shape index (κ2) is 6.91. The number of rotatable bonds is 7. The molecule has 0 bridgehead atoms. The molecule has 0 aromatic heterocycles. The molecule has 1 aromatic carbocycles. The third kappa shape index (κ3) is 6.59. The Morgan fingerprint density at radius 1 is 1.24 bits per heavy atom. The highest BCUT2D eigenvalue weighted by Crippen LogP contribution is 2.18. The van der Waals surface area contributed by atoms with Gasteiger partial charge in [0.05, 0.1) is 6.26 Å². The summed E-state index contributed by atoms with van der Waals surface area (Å²) in [6, 6.07) is 6.19. The highest BCUT2D eigenvalue weighted by molar-refractivity contribution is 7.92. The zero-order valence-electron chi connectivity index (χ0n) is 12.5. The molecule has 0 aliphatic rings. The van der Waals surface area contributed by atoms with Crippen LogP contribution in [-0.2, 0) is 10.0 Å². The Labute approximate surface area is 125 Å². The number of sulfonamides is 1. The fourth-order valence-electron chi connectivity index (χ4n) is 1.72. The Morgan fingerprint density at radius 2 is 1.81 bits per heavy atom. The first-order valence-electron chi connectivity index (χ1n) is 6.60. The summed E-state index contributed by atoms with van der Waals surface area (Å²) in [4.78, 5) is 12.0. The van der Waals surface area contributed by atoms with Crippen LogP contribution >= 0.6 is 0 Å². The first-order chi connectivity index (χ1) is 9.63. The van der Waals surface area contributed by atoms with Crippen LogP contribution in [0.5, 0.6) is 0 Å². The maximum atomic E-state index is 12.0. The van der Waals surface area contributed by atoms with Gasteiger partial charge in [-0.25, -0.2) is 8.42 Å². The lowest BCUT2D eigenvalue weighted by Crippen LogP contribution is -2.34. The lowest BCUT2D eigenvalue weighted by atomic mass is 9.89. The van der Waals surface area contributed by atoms with Crippen molar-refractivity contribution in [1.82, 2.24) is 5.32 Å². The van der Waals surface area contributed by atoms with Crippen molar-refractivity contribution in [2.45, 2.75) is 20.3 Å². The van der Waals surface area contributed by atoms with Gasteiger partial charge >= 0.3 is 0 Å². The maximum Gasteiger partial charge on any atom is 0.251 e. The average Bonchev–Trinajstić information content (AvgIpc) is 2.35. The molecule has 0 fully saturated rings. The molecule has 118 valence electrons. The van der Waals surface area contributed by atoms with Gasteiger partial charge in [0.1, 0.15) is 0 Å². The van der Waals surface area contributed by atoms with Gasteiger partial charge in [0.25, 0.3) is 5.91 Å². The van der Waals surface area contributed by atoms with Gasteiger partial charge in [-0.05, 0) is 36.1 Å². The minimum Gasteiger partial charge on any atom is -0.396 e. The Kier molecular flexibility index (Phi) is 5.74. The summed E-state index contributed by atoms with van der Waals surface area (Å²) in [7, 11) is -3.32. The van der Waals surface area contributed by atoms with Gasteiger partial charge in [-0.3, -0.25) is 9.52 Å². The van der Waals surface area contributed by atoms with E-state index in [1.54, 1.807) is 12.1 Å². The van der Waals surface area contributed by atoms with Crippen LogP contribution < -0.4 is 10.0 Å². The lowest BCUT2D eigenvalue weighted by molar-refractivity contribution is 0.0928. The molecule has 1 amide bonds. The molecule has 0 radical (unpaired) electrons. The molecular formula is C14H22N2O4S. The fourth-order valence-corrected chi connectivity index (χ4v) is 2.28. The van der Waals surface area contributed by atoms with Gasteiger partial charge in [-0.2, -0.15) is 0 Å². The van der Waals surface area contributed by atoms with Crippen LogP contribution in [0.25, 0.3) is 0 Å². The zero-order chi connectivity index (χ0) is 16.1. The summed E-state index contributed by atoms with van der Waals surface area (Å²) < 4.78 is 24.5. The highest BCUT2D eigenvalue weighted by Gasteiger charge is 2.18. The molecule has 0 saturated heterocycles. The van der Waals surface area contributed by atoms with Crippen LogP contribution in [0.15, 0.2) is 24.3 Å². The minimum absolute atomic E-state index is 0.0781. The summed E-state index contributed by atoms with van der Waals surface area (Å²) in [5.41, 5.74) is 0.686. The van der Waals surface area contributed by atoms with Crippen LogP contribution in [0, 0.1) is 5.41 Å². The number of hydrogen-bond acceptors (Lipinski definition) is 4. The maximum absolute atomic E-state index is 12.0. The van der Waals surface area contributed by atoms with Gasteiger partial charge in [0.15, 0.2) is 0 Å². The third-order valence-corrected chi connectivity index (χ3v) is 3.57. The molecule has 0 spiro atoms. The molecule has 3 N–H and O–H groups in total. The molecule has 0 heterocycles. The summed E-state index contributed by atoms with van der Waals surface area (Å²) >= 11 is 0. The topological polar surface area (TPSA) is 95.5 Å². The quantitative estimate of drug-likeness (QED) is 0.704. The van der Waals surface area contributed by atoms with Gasteiger partial charge in [0.2, 0.25) is 10.0 Å². The lowest BCUT2D eigenvalue weighted by Gasteiger charge is -2.23. The second-order valence-electron chi connectivity index (χ2n) is 5.77. The van der Waals surface area contributed by atoms with E-state index in [2.05, 4.69) is 10.0 Å². The number of benzene rings is 1. The first kappa shape index (κ1) is 17.5. The van der Waals surface area contributed by atoms with Crippen molar-refractivity contribution in [3.8, 4) is 0 Å². The van der Waals surface area contributed by atoms with Crippen LogP contribution in [0.3, 0.4) is 0 Å². The predicted octanol–water partition coefficient (Wildman–Crippen LogP) is 1.20.